The molecule has 142 heavy (non-hydrogen) atoms. The Morgan fingerprint density at radius 1 is 0.232 bits per heavy atom. The first-order chi connectivity index (χ1) is 68.7. The number of benzene rings is 15. The van der Waals surface area contributed by atoms with Gasteiger partial charge in [-0.25, -0.2) is 0 Å². The van der Waals surface area contributed by atoms with Gasteiger partial charge in [-0.3, -0.25) is 24.4 Å². The van der Waals surface area contributed by atoms with E-state index in [9.17, 15) is 0 Å². The summed E-state index contributed by atoms with van der Waals surface area (Å²) in [7, 11) is 0. The molecule has 732 valence electrons. The number of nitrogens with zero attached hydrogens (tertiary/aromatic N) is 5. The summed E-state index contributed by atoms with van der Waals surface area (Å²) in [6.45, 7) is 33.7. The van der Waals surface area contributed by atoms with E-state index in [1.54, 1.807) is 0 Å². The van der Waals surface area contributed by atoms with Gasteiger partial charge in [-0.15, -0.1) is 0 Å². The van der Waals surface area contributed by atoms with Crippen LogP contribution in [0.2, 0.25) is 0 Å². The van der Waals surface area contributed by atoms with Crippen molar-refractivity contribution in [2.45, 2.75) is 165 Å². The highest BCUT2D eigenvalue weighted by Crippen LogP contribution is 2.51. The fraction of sp³-hybridized carbons (Fsp3) is 0.280. The minimum Gasteiger partial charge on any atom is -0.483 e. The number of carbonyl (C=O) groups excluding carboxylic acids is 2. The smallest absolute Gasteiger partial charge is 0.290 e. The van der Waals surface area contributed by atoms with Crippen LogP contribution in [0.25, 0.3) is 0 Å². The zero-order valence-corrected chi connectivity index (χ0v) is 84.9. The van der Waals surface area contributed by atoms with E-state index in [1.165, 1.54) is 95.0 Å². The van der Waals surface area contributed by atoms with Gasteiger partial charge < -0.3 is 25.5 Å². The van der Waals surface area contributed by atoms with Gasteiger partial charge in [0, 0.05) is 110 Å². The summed E-state index contributed by atoms with van der Waals surface area (Å²) in [4.78, 5) is 45.8. The summed E-state index contributed by atoms with van der Waals surface area (Å²) >= 11 is 0. The normalized spacial score (nSPS) is 11.4. The van der Waals surface area contributed by atoms with E-state index >= 15 is 0 Å². The van der Waals surface area contributed by atoms with Crippen molar-refractivity contribution in [1.29, 1.82) is 0 Å². The number of nitrogens with two attached hydrogens (primary N) is 1. The van der Waals surface area contributed by atoms with E-state index in [2.05, 4.69) is 498 Å². The standard InChI is InChI=1S/C86H94N4.C42H48N2.C2H2O2.CH2O2.CH4/c1-63(2)49-55-89(56-50-64(3)4)75-59-77(81(67-33-17-9-18-34-67)68-35-19-10-20-36-68)85(78(60-75)82(69-37-21-11-22-38-69)70-39-23-12-24-40-70)87-53-54-88-86-79(83(71-41-25-13-26-42-71)72-43-27-14-28-44-72)61-76(90(57-51-65(5)6)58-52-66(7)8)62-80(86)84(73-45-29-15-30-46-73)74-47-31-16-32-48-74;1-31(2)25-27-44(28-26-32(3)4)37-29-38(40(33-17-9-5-10-18-33)34-19-11-6-12-20-34)42(43)39(30-37)41(35-21-13-7-14-22-35)36-23-15-8-16-24-36;3-1-2-4;2-1-3;/h9-48,53-54,59-66,81-84H,49-52,55-58H2,1-8H3;5-24,29-32,40-41H,25-28,43H2,1-4H3;1-2H;1H,(H,2,3);1H4. The van der Waals surface area contributed by atoms with Gasteiger partial charge in [0.15, 0.2) is 12.6 Å². The largest absolute Gasteiger partial charge is 0.483 e. The molecule has 0 fully saturated rings. The molecule has 0 unspecified atom stereocenters. The second kappa shape index (κ2) is 56.8. The lowest BCUT2D eigenvalue weighted by Gasteiger charge is -2.32. The number of aldehydes is 2. The molecule has 0 spiro atoms. The molecule has 0 aromatic heterocycles. The number of anilines is 4. The van der Waals surface area contributed by atoms with Gasteiger partial charge in [-0.2, -0.15) is 0 Å². The van der Waals surface area contributed by atoms with E-state index < -0.39 is 0 Å². The summed E-state index contributed by atoms with van der Waals surface area (Å²) in [5, 5.41) is 6.89. The first-order valence-corrected chi connectivity index (χ1v) is 50.9. The van der Waals surface area contributed by atoms with Crippen LogP contribution in [0.4, 0.5) is 34.1 Å². The summed E-state index contributed by atoms with van der Waals surface area (Å²) in [6, 6.07) is 147. The summed E-state index contributed by atoms with van der Waals surface area (Å²) in [6.07, 6.45) is 11.1. The number of hydrogen-bond donors (Lipinski definition) is 2. The molecule has 10 nitrogen and oxygen atoms in total. The van der Waals surface area contributed by atoms with E-state index in [1.807, 2.05) is 12.4 Å². The molecule has 15 rings (SSSR count). The highest BCUT2D eigenvalue weighted by molar-refractivity contribution is 6.18. The Bertz CT molecular complexity index is 5390. The van der Waals surface area contributed by atoms with Crippen molar-refractivity contribution in [2.24, 2.45) is 45.5 Å². The van der Waals surface area contributed by atoms with Crippen molar-refractivity contribution < 1.29 is 19.5 Å². The maximum absolute atomic E-state index is 8.81. The number of carbonyl (C=O) groups is 3. The van der Waals surface area contributed by atoms with E-state index in [0.717, 1.165) is 117 Å². The Balaban J connectivity index is 0.000000308. The van der Waals surface area contributed by atoms with Crippen LogP contribution in [-0.2, 0) is 14.4 Å². The number of carboxylic acid groups (broad SMARTS) is 1. The fourth-order valence-electron chi connectivity index (χ4n) is 19.1. The fourth-order valence-corrected chi connectivity index (χ4v) is 19.1. The lowest BCUT2D eigenvalue weighted by molar-refractivity contribution is -0.122. The minimum atomic E-state index is -0.250. The monoisotopic (exact) mass is 1880 g/mol. The summed E-state index contributed by atoms with van der Waals surface area (Å²) < 4.78 is 0. The van der Waals surface area contributed by atoms with Gasteiger partial charge in [-0.1, -0.05) is 454 Å². The van der Waals surface area contributed by atoms with E-state index in [4.69, 9.17) is 35.2 Å². The zero-order chi connectivity index (χ0) is 99.6. The van der Waals surface area contributed by atoms with Crippen molar-refractivity contribution in [3.05, 3.63) is 501 Å². The second-order valence-electron chi connectivity index (χ2n) is 39.5. The van der Waals surface area contributed by atoms with Gasteiger partial charge >= 0.3 is 0 Å². The number of aliphatic imine (C=N–C) groups is 2. The Kier molecular flexibility index (Phi) is 43.2. The van der Waals surface area contributed by atoms with E-state index in [0.29, 0.717) is 35.5 Å². The zero-order valence-electron chi connectivity index (χ0n) is 84.9. The van der Waals surface area contributed by atoms with Crippen molar-refractivity contribution in [2.75, 3.05) is 59.7 Å². The van der Waals surface area contributed by atoms with Crippen LogP contribution in [-0.4, -0.2) is 75.8 Å². The third-order valence-corrected chi connectivity index (χ3v) is 26.5. The Morgan fingerprint density at radius 3 is 0.486 bits per heavy atom. The molecule has 0 amide bonds. The average Bonchev–Trinajstić information content (AvgIpc) is 0.746. The molecular formula is C132H150N6O4. The van der Waals surface area contributed by atoms with Crippen LogP contribution in [0.1, 0.15) is 265 Å². The average molecular weight is 1880 g/mol. The first-order valence-electron chi connectivity index (χ1n) is 50.9. The summed E-state index contributed by atoms with van der Waals surface area (Å²) in [5.74, 6) is 2.91. The van der Waals surface area contributed by atoms with Crippen LogP contribution >= 0.6 is 0 Å². The van der Waals surface area contributed by atoms with Crippen molar-refractivity contribution in [1.82, 2.24) is 0 Å². The number of nitrogen functional groups attached to an aromatic ring is 1. The SMILES string of the molecule is C.CC(C)CCN(CCC(C)C)c1cc(C(c2ccccc2)c2ccccc2)c(N)c(C(c2ccccc2)c2ccccc2)c1.CC(C)CCN(CCC(C)C)c1cc(C(c2ccccc2)c2ccccc2)c(N=CC=Nc2c(C(c3ccccc3)c3ccccc3)cc(N(CCC(C)C)CCC(C)C)cc2C(c2ccccc2)c2ccccc2)c(C(c2ccccc2)c2ccccc2)c1.O=CC=O.O=CO. The quantitative estimate of drug-likeness (QED) is 0.0127. The van der Waals surface area contributed by atoms with Crippen molar-refractivity contribution in [3.8, 4) is 0 Å². The Labute approximate surface area is 849 Å². The topological polar surface area (TPSA) is 132 Å². The van der Waals surface area contributed by atoms with Crippen LogP contribution < -0.4 is 20.4 Å². The van der Waals surface area contributed by atoms with Crippen LogP contribution in [0.3, 0.4) is 0 Å². The molecule has 0 bridgehead atoms. The van der Waals surface area contributed by atoms with E-state index in [-0.39, 0.29) is 62.0 Å². The molecule has 0 atom stereocenters. The van der Waals surface area contributed by atoms with Crippen molar-refractivity contribution in [3.63, 3.8) is 0 Å². The first kappa shape index (κ1) is 108. The predicted molar refractivity (Wildman–Crippen MR) is 604 cm³/mol. The molecule has 15 aromatic rings. The van der Waals surface area contributed by atoms with Crippen LogP contribution in [0, 0.1) is 35.5 Å². The lowest BCUT2D eigenvalue weighted by Crippen LogP contribution is -2.28. The molecule has 0 saturated carbocycles. The van der Waals surface area contributed by atoms with Gasteiger partial charge in [-0.05, 0) is 211 Å². The second-order valence-corrected chi connectivity index (χ2v) is 39.5. The molecule has 0 radical (unpaired) electrons. The van der Waals surface area contributed by atoms with Gasteiger partial charge in [0.1, 0.15) is 0 Å². The maximum atomic E-state index is 8.81. The maximum Gasteiger partial charge on any atom is 0.290 e. The summed E-state index contributed by atoms with van der Waals surface area (Å²) in [5.41, 5.74) is 35.7. The molecule has 15 aromatic carbocycles. The third kappa shape index (κ3) is 30.8. The van der Waals surface area contributed by atoms with Crippen molar-refractivity contribution >= 4 is 65.6 Å². The number of hydrogen-bond acceptors (Lipinski definition) is 9. The molecule has 0 aliphatic heterocycles. The third-order valence-electron chi connectivity index (χ3n) is 26.5. The molecule has 3 N–H and O–H groups in total. The van der Waals surface area contributed by atoms with Crippen LogP contribution in [0.5, 0.6) is 0 Å². The molecule has 0 aliphatic carbocycles. The highest BCUT2D eigenvalue weighted by atomic mass is 16.3. The predicted octanol–water partition coefficient (Wildman–Crippen LogP) is 32.6. The highest BCUT2D eigenvalue weighted by Gasteiger charge is 2.34. The molecule has 0 heterocycles. The number of rotatable bonds is 43. The molecule has 10 heteroatoms. The Morgan fingerprint density at radius 2 is 0.359 bits per heavy atom. The van der Waals surface area contributed by atoms with Crippen LogP contribution in [0.15, 0.2) is 410 Å². The minimum absolute atomic E-state index is 0. The van der Waals surface area contributed by atoms with Gasteiger partial charge in [0.2, 0.25) is 0 Å². The molecule has 0 saturated heterocycles. The molecule has 0 aliphatic rings. The molecular weight excluding hydrogens is 1730 g/mol. The van der Waals surface area contributed by atoms with Gasteiger partial charge in [0.05, 0.1) is 11.4 Å². The lowest BCUT2D eigenvalue weighted by atomic mass is 9.78. The Hall–Kier alpha value is -14.4. The van der Waals surface area contributed by atoms with Gasteiger partial charge in [0.25, 0.3) is 6.47 Å².